The molecule has 1 aliphatic rings. The Bertz CT molecular complexity index is 1270. The Morgan fingerprint density at radius 2 is 1.91 bits per heavy atom. The predicted octanol–water partition coefficient (Wildman–Crippen LogP) is 3.21. The quantitative estimate of drug-likeness (QED) is 0.582. The minimum absolute atomic E-state index is 0.0498. The second-order valence-corrected chi connectivity index (χ2v) is 10.2. The van der Waals surface area contributed by atoms with Crippen LogP contribution in [0.1, 0.15) is 41.1 Å². The summed E-state index contributed by atoms with van der Waals surface area (Å²) in [4.78, 5) is 46.2. The minimum Gasteiger partial charge on any atom is -0.496 e. The number of likely N-dealkylation sites (tertiary alicyclic amines) is 1. The van der Waals surface area contributed by atoms with Crippen LogP contribution >= 0.6 is 11.3 Å². The highest BCUT2D eigenvalue weighted by atomic mass is 32.1. The average Bonchev–Trinajstić information content (AvgIpc) is 3.15. The molecule has 3 aromatic rings. The third-order valence-corrected chi connectivity index (χ3v) is 7.48. The molecule has 2 amide bonds. The lowest BCUT2D eigenvalue weighted by Crippen LogP contribution is -2.44. The van der Waals surface area contributed by atoms with Crippen molar-refractivity contribution in [2.45, 2.75) is 40.3 Å². The van der Waals surface area contributed by atoms with E-state index < -0.39 is 0 Å². The van der Waals surface area contributed by atoms with Crippen LogP contribution in [0.2, 0.25) is 0 Å². The maximum atomic E-state index is 13.2. The van der Waals surface area contributed by atoms with Crippen LogP contribution in [0.4, 0.5) is 0 Å². The van der Waals surface area contributed by atoms with E-state index in [1.165, 1.54) is 22.2 Å². The molecule has 9 heteroatoms. The van der Waals surface area contributed by atoms with Crippen molar-refractivity contribution in [2.24, 2.45) is 11.8 Å². The van der Waals surface area contributed by atoms with Gasteiger partial charge in [0.05, 0.1) is 23.7 Å². The number of methoxy groups -OCH3 is 1. The molecule has 2 atom stereocenters. The second kappa shape index (κ2) is 9.97. The molecule has 0 radical (unpaired) electrons. The Kier molecular flexibility index (Phi) is 7.02. The van der Waals surface area contributed by atoms with Crippen molar-refractivity contribution in [3.8, 4) is 5.75 Å². The van der Waals surface area contributed by atoms with Crippen molar-refractivity contribution in [2.75, 3.05) is 20.2 Å². The van der Waals surface area contributed by atoms with E-state index >= 15 is 0 Å². The number of nitrogens with one attached hydrogen (secondary N) is 1. The standard InChI is InChI=1S/C25H30N4O4S/c1-15-9-16(2)12-28(11-15)20(30)13-29-14-27-24-21(25(29)32)17(3)22(34-24)23(31)26-10-18-7-5-6-8-19(18)33-4/h5-8,14-16H,9-13H2,1-4H3,(H,26,31)/t15-,16-/m0/s1. The Morgan fingerprint density at radius 3 is 2.62 bits per heavy atom. The summed E-state index contributed by atoms with van der Waals surface area (Å²) in [6.45, 7) is 7.71. The highest BCUT2D eigenvalue weighted by molar-refractivity contribution is 7.20. The average molecular weight is 483 g/mol. The minimum atomic E-state index is -0.297. The van der Waals surface area contributed by atoms with Crippen molar-refractivity contribution in [3.63, 3.8) is 0 Å². The molecule has 3 heterocycles. The van der Waals surface area contributed by atoms with Gasteiger partial charge < -0.3 is 15.0 Å². The third-order valence-electron chi connectivity index (χ3n) is 6.28. The van der Waals surface area contributed by atoms with E-state index in [0.717, 1.165) is 12.0 Å². The van der Waals surface area contributed by atoms with E-state index in [-0.39, 0.29) is 23.9 Å². The number of hydrogen-bond donors (Lipinski definition) is 1. The van der Waals surface area contributed by atoms with Gasteiger partial charge in [0, 0.05) is 25.2 Å². The van der Waals surface area contributed by atoms with Crippen LogP contribution in [0.3, 0.4) is 0 Å². The molecule has 0 unspecified atom stereocenters. The van der Waals surface area contributed by atoms with Gasteiger partial charge in [-0.15, -0.1) is 11.3 Å². The monoisotopic (exact) mass is 482 g/mol. The number of hydrogen-bond acceptors (Lipinski definition) is 6. The molecule has 0 bridgehead atoms. The number of piperidine rings is 1. The van der Waals surface area contributed by atoms with Crippen molar-refractivity contribution >= 4 is 33.4 Å². The van der Waals surface area contributed by atoms with Gasteiger partial charge in [-0.1, -0.05) is 32.0 Å². The summed E-state index contributed by atoms with van der Waals surface area (Å²) in [5, 5.41) is 3.30. The molecule has 34 heavy (non-hydrogen) atoms. The summed E-state index contributed by atoms with van der Waals surface area (Å²) in [5.74, 6) is 1.23. The molecule has 4 rings (SSSR count). The first kappa shape index (κ1) is 23.9. The fourth-order valence-corrected chi connectivity index (χ4v) is 5.76. The zero-order chi connectivity index (χ0) is 24.4. The SMILES string of the molecule is COc1ccccc1CNC(=O)c1sc2ncn(CC(=O)N3C[C@@H](C)C[C@H](C)C3)c(=O)c2c1C. The zero-order valence-corrected chi connectivity index (χ0v) is 20.8. The smallest absolute Gasteiger partial charge is 0.262 e. The van der Waals surface area contributed by atoms with Gasteiger partial charge in [0.1, 0.15) is 17.1 Å². The summed E-state index contributed by atoms with van der Waals surface area (Å²) in [7, 11) is 1.59. The number of carbonyl (C=O) groups excluding carboxylic acids is 2. The van der Waals surface area contributed by atoms with Gasteiger partial charge in [0.25, 0.3) is 11.5 Å². The van der Waals surface area contributed by atoms with Crippen molar-refractivity contribution < 1.29 is 14.3 Å². The molecule has 1 aliphatic heterocycles. The van der Waals surface area contributed by atoms with Gasteiger partial charge in [-0.2, -0.15) is 0 Å². The molecule has 0 spiro atoms. The molecule has 1 saturated heterocycles. The van der Waals surface area contributed by atoms with Crippen LogP contribution in [-0.2, 0) is 17.9 Å². The van der Waals surface area contributed by atoms with Crippen molar-refractivity contribution in [3.05, 3.63) is 57.0 Å². The van der Waals surface area contributed by atoms with E-state index in [9.17, 15) is 14.4 Å². The Labute approximate surface area is 202 Å². The highest BCUT2D eigenvalue weighted by Gasteiger charge is 2.26. The van der Waals surface area contributed by atoms with Crippen LogP contribution in [-0.4, -0.2) is 46.5 Å². The van der Waals surface area contributed by atoms with Crippen LogP contribution in [0.5, 0.6) is 5.75 Å². The fourth-order valence-electron chi connectivity index (χ4n) is 4.71. The Balaban J connectivity index is 1.53. The number of aromatic nitrogens is 2. The second-order valence-electron chi connectivity index (χ2n) is 9.15. The molecule has 1 fully saturated rings. The van der Waals surface area contributed by atoms with Gasteiger partial charge >= 0.3 is 0 Å². The number of fused-ring (bicyclic) bond motifs is 1. The van der Waals surface area contributed by atoms with Crippen LogP contribution in [0.25, 0.3) is 10.2 Å². The topological polar surface area (TPSA) is 93.5 Å². The van der Waals surface area contributed by atoms with Crippen LogP contribution in [0, 0.1) is 18.8 Å². The van der Waals surface area contributed by atoms with Crippen molar-refractivity contribution in [1.29, 1.82) is 0 Å². The zero-order valence-electron chi connectivity index (χ0n) is 20.0. The van der Waals surface area contributed by atoms with Gasteiger partial charge in [0.2, 0.25) is 5.91 Å². The maximum absolute atomic E-state index is 13.2. The van der Waals surface area contributed by atoms with Gasteiger partial charge in [-0.25, -0.2) is 4.98 Å². The lowest BCUT2D eigenvalue weighted by atomic mass is 9.92. The van der Waals surface area contributed by atoms with E-state index in [1.54, 1.807) is 14.0 Å². The number of benzene rings is 1. The summed E-state index contributed by atoms with van der Waals surface area (Å²) in [6, 6.07) is 7.48. The third kappa shape index (κ3) is 4.84. The maximum Gasteiger partial charge on any atom is 0.262 e. The molecular weight excluding hydrogens is 452 g/mol. The summed E-state index contributed by atoms with van der Waals surface area (Å²) < 4.78 is 6.69. The number of ether oxygens (including phenoxy) is 1. The molecule has 1 aromatic carbocycles. The number of amides is 2. The molecule has 180 valence electrons. The molecule has 1 N–H and O–H groups in total. The summed E-state index contributed by atoms with van der Waals surface area (Å²) >= 11 is 1.18. The van der Waals surface area contributed by atoms with Crippen LogP contribution in [0.15, 0.2) is 35.4 Å². The number of nitrogens with zero attached hydrogens (tertiary/aromatic N) is 3. The van der Waals surface area contributed by atoms with Gasteiger partial charge in [0.15, 0.2) is 0 Å². The lowest BCUT2D eigenvalue weighted by molar-refractivity contribution is -0.134. The van der Waals surface area contributed by atoms with E-state index in [1.807, 2.05) is 29.2 Å². The van der Waals surface area contributed by atoms with E-state index in [4.69, 9.17) is 4.74 Å². The Morgan fingerprint density at radius 1 is 1.21 bits per heavy atom. The first-order valence-electron chi connectivity index (χ1n) is 11.4. The first-order chi connectivity index (χ1) is 16.3. The summed E-state index contributed by atoms with van der Waals surface area (Å²) in [5.41, 5.74) is 1.14. The predicted molar refractivity (Wildman–Crippen MR) is 132 cm³/mol. The molecule has 0 aliphatic carbocycles. The van der Waals surface area contributed by atoms with Gasteiger partial charge in [-0.3, -0.25) is 19.0 Å². The van der Waals surface area contributed by atoms with Gasteiger partial charge in [-0.05, 0) is 36.8 Å². The van der Waals surface area contributed by atoms with Crippen LogP contribution < -0.4 is 15.6 Å². The first-order valence-corrected chi connectivity index (χ1v) is 12.3. The molecule has 2 aromatic heterocycles. The number of carbonyl (C=O) groups is 2. The molecule has 8 nitrogen and oxygen atoms in total. The lowest BCUT2D eigenvalue weighted by Gasteiger charge is -2.35. The fraction of sp³-hybridized carbons (Fsp3) is 0.440. The Hall–Kier alpha value is -3.20. The highest BCUT2D eigenvalue weighted by Crippen LogP contribution is 2.27. The number of rotatable bonds is 6. The van der Waals surface area contributed by atoms with E-state index in [2.05, 4.69) is 24.1 Å². The number of thiophene rings is 1. The molecular formula is C25H30N4O4S. The number of aryl methyl sites for hydroxylation is 1. The largest absolute Gasteiger partial charge is 0.496 e. The molecule has 0 saturated carbocycles. The van der Waals surface area contributed by atoms with E-state index in [0.29, 0.717) is 57.9 Å². The van der Waals surface area contributed by atoms with Crippen molar-refractivity contribution in [1.82, 2.24) is 19.8 Å². The number of para-hydroxylation sites is 1. The summed E-state index contributed by atoms with van der Waals surface area (Å²) in [6.07, 6.45) is 2.51. The normalized spacial score (nSPS) is 18.2.